The van der Waals surface area contributed by atoms with Crippen LogP contribution in [0.2, 0.25) is 0 Å². The Morgan fingerprint density at radius 3 is 2.59 bits per heavy atom. The molecule has 0 radical (unpaired) electrons. The summed E-state index contributed by atoms with van der Waals surface area (Å²) in [5.41, 5.74) is 5.45. The number of piperidine rings is 1. The van der Waals surface area contributed by atoms with E-state index in [0.717, 1.165) is 25.9 Å². The number of nitrogens with two attached hydrogens (primary N) is 1. The zero-order valence-corrected chi connectivity index (χ0v) is 14.9. The molecule has 2 saturated heterocycles. The van der Waals surface area contributed by atoms with Gasteiger partial charge in [-0.3, -0.25) is 14.3 Å². The highest BCUT2D eigenvalue weighted by Crippen LogP contribution is 2.36. The summed E-state index contributed by atoms with van der Waals surface area (Å²) in [6, 6.07) is 0. The lowest BCUT2D eigenvalue weighted by molar-refractivity contribution is -0.0505. The predicted octanol–water partition coefficient (Wildman–Crippen LogP) is -1.45. The summed E-state index contributed by atoms with van der Waals surface area (Å²) in [5.74, 6) is 0.930. The first-order chi connectivity index (χ1) is 12.9. The van der Waals surface area contributed by atoms with E-state index >= 15 is 0 Å². The molecule has 2 aliphatic heterocycles. The molecule has 0 bridgehead atoms. The van der Waals surface area contributed by atoms with E-state index in [2.05, 4.69) is 21.9 Å². The van der Waals surface area contributed by atoms with Crippen molar-refractivity contribution in [2.45, 2.75) is 44.3 Å². The maximum Gasteiger partial charge on any atom is 0.280 e. The Balaban J connectivity index is 1.86. The Kier molecular flexibility index (Phi) is 4.54. The third-order valence-corrected chi connectivity index (χ3v) is 5.39. The van der Waals surface area contributed by atoms with Crippen LogP contribution >= 0.6 is 0 Å². The zero-order valence-electron chi connectivity index (χ0n) is 14.9. The van der Waals surface area contributed by atoms with Crippen molar-refractivity contribution < 1.29 is 20.1 Å². The number of nitrogens with zero attached hydrogens (tertiary/aromatic N) is 4. The molecule has 4 heterocycles. The van der Waals surface area contributed by atoms with E-state index in [9.17, 15) is 20.1 Å². The fourth-order valence-corrected chi connectivity index (χ4v) is 3.75. The number of hydrogen-bond donors (Lipinski definition) is 5. The first-order valence-corrected chi connectivity index (χ1v) is 9.05. The van der Waals surface area contributed by atoms with Crippen LogP contribution < -0.4 is 16.2 Å². The van der Waals surface area contributed by atoms with Crippen molar-refractivity contribution in [1.29, 1.82) is 0 Å². The molecule has 4 rings (SSSR count). The van der Waals surface area contributed by atoms with Gasteiger partial charge in [-0.1, -0.05) is 6.92 Å². The molecule has 148 valence electrons. The third-order valence-electron chi connectivity index (χ3n) is 5.39. The molecule has 0 aromatic carbocycles. The summed E-state index contributed by atoms with van der Waals surface area (Å²) < 4.78 is 7.17. The monoisotopic (exact) mass is 380 g/mol. The second-order valence-electron chi connectivity index (χ2n) is 7.30. The average molecular weight is 380 g/mol. The normalized spacial score (nSPS) is 29.7. The minimum atomic E-state index is -1.32. The summed E-state index contributed by atoms with van der Waals surface area (Å²) in [7, 11) is 0. The minimum Gasteiger partial charge on any atom is -0.394 e. The quantitative estimate of drug-likeness (QED) is 0.428. The van der Waals surface area contributed by atoms with Gasteiger partial charge in [0, 0.05) is 13.1 Å². The number of anilines is 2. The molecule has 0 amide bonds. The number of fused-ring (bicyclic) bond motifs is 1. The number of aliphatic hydroxyl groups is 3. The lowest BCUT2D eigenvalue weighted by Gasteiger charge is -2.32. The van der Waals surface area contributed by atoms with Crippen molar-refractivity contribution in [3.05, 3.63) is 10.4 Å². The van der Waals surface area contributed by atoms with Crippen molar-refractivity contribution in [3.8, 4) is 0 Å². The molecule has 11 nitrogen and oxygen atoms in total. The molecule has 11 heteroatoms. The van der Waals surface area contributed by atoms with Gasteiger partial charge in [-0.15, -0.1) is 0 Å². The Labute approximate surface area is 154 Å². The smallest absolute Gasteiger partial charge is 0.280 e. The van der Waals surface area contributed by atoms with Crippen molar-refractivity contribution >= 4 is 23.1 Å². The molecule has 0 spiro atoms. The molecule has 2 aromatic rings. The molecule has 0 saturated carbocycles. The number of ether oxygens (including phenoxy) is 1. The van der Waals surface area contributed by atoms with Gasteiger partial charge in [-0.25, -0.2) is 4.98 Å². The first-order valence-electron chi connectivity index (χ1n) is 9.05. The molecule has 6 N–H and O–H groups in total. The number of aromatic amines is 1. The number of H-pyrrole nitrogens is 1. The van der Waals surface area contributed by atoms with Crippen LogP contribution in [0.25, 0.3) is 11.2 Å². The summed E-state index contributed by atoms with van der Waals surface area (Å²) in [5, 5.41) is 30.0. The van der Waals surface area contributed by atoms with Gasteiger partial charge in [0.05, 0.1) is 6.61 Å². The lowest BCUT2D eigenvalue weighted by atomic mass is 10.00. The van der Waals surface area contributed by atoms with Gasteiger partial charge in [0.15, 0.2) is 17.4 Å². The Morgan fingerprint density at radius 1 is 1.26 bits per heavy atom. The molecule has 0 aliphatic carbocycles. The van der Waals surface area contributed by atoms with Crippen molar-refractivity contribution in [2.24, 2.45) is 5.92 Å². The molecular formula is C16H24N6O5. The highest BCUT2D eigenvalue weighted by atomic mass is 16.6. The number of hydrogen-bond acceptors (Lipinski definition) is 9. The number of imidazole rings is 1. The first kappa shape index (κ1) is 18.2. The van der Waals surface area contributed by atoms with E-state index in [1.165, 1.54) is 4.57 Å². The van der Waals surface area contributed by atoms with Gasteiger partial charge in [0.25, 0.3) is 5.56 Å². The van der Waals surface area contributed by atoms with Crippen LogP contribution in [0.4, 0.5) is 11.9 Å². The Hall–Kier alpha value is -2.21. The van der Waals surface area contributed by atoms with Gasteiger partial charge in [0.2, 0.25) is 11.9 Å². The van der Waals surface area contributed by atoms with E-state index in [0.29, 0.717) is 11.9 Å². The summed E-state index contributed by atoms with van der Waals surface area (Å²) in [6.45, 7) is 3.19. The highest BCUT2D eigenvalue weighted by Gasteiger charge is 2.45. The van der Waals surface area contributed by atoms with Gasteiger partial charge in [-0.2, -0.15) is 4.98 Å². The van der Waals surface area contributed by atoms with E-state index in [1.54, 1.807) is 0 Å². The number of rotatable bonds is 3. The largest absolute Gasteiger partial charge is 0.394 e. The fourth-order valence-electron chi connectivity index (χ4n) is 3.75. The number of aliphatic hydroxyl groups excluding tert-OH is 3. The zero-order chi connectivity index (χ0) is 19.3. The van der Waals surface area contributed by atoms with Gasteiger partial charge in [-0.05, 0) is 18.8 Å². The average Bonchev–Trinajstić information content (AvgIpc) is 3.14. The summed E-state index contributed by atoms with van der Waals surface area (Å²) >= 11 is 0. The standard InChI is InChI=1S/C16H24N6O5/c1-7-2-4-21(5-3-7)16-18-9-12(19-15(17)20-13(9)26)22(16)14-11(25)10(24)8(6-23)27-14/h7-8,10-11,14,23-25H,2-6H2,1H3,(H3,17,19,20,26)/t8-,10+,11+,14-/m1/s1. The summed E-state index contributed by atoms with van der Waals surface area (Å²) in [6.07, 6.45) is -2.66. The number of nitrogens with one attached hydrogen (secondary N) is 1. The van der Waals surface area contributed by atoms with Crippen molar-refractivity contribution in [1.82, 2.24) is 19.5 Å². The second kappa shape index (κ2) is 6.75. The van der Waals surface area contributed by atoms with Crippen LogP contribution in [0.5, 0.6) is 0 Å². The molecule has 27 heavy (non-hydrogen) atoms. The van der Waals surface area contributed by atoms with E-state index in [-0.39, 0.29) is 17.1 Å². The van der Waals surface area contributed by atoms with Crippen LogP contribution in [0.3, 0.4) is 0 Å². The van der Waals surface area contributed by atoms with Crippen LogP contribution in [-0.4, -0.2) is 72.8 Å². The van der Waals surface area contributed by atoms with Crippen LogP contribution in [0.1, 0.15) is 26.0 Å². The maximum absolute atomic E-state index is 12.3. The molecule has 2 aliphatic rings. The van der Waals surface area contributed by atoms with Gasteiger partial charge >= 0.3 is 0 Å². The van der Waals surface area contributed by atoms with Crippen LogP contribution in [0, 0.1) is 5.92 Å². The molecule has 4 atom stereocenters. The minimum absolute atomic E-state index is 0.0792. The lowest BCUT2D eigenvalue weighted by Crippen LogP contribution is -2.37. The molecule has 2 aromatic heterocycles. The molecule has 2 fully saturated rings. The van der Waals surface area contributed by atoms with Gasteiger partial charge < -0.3 is 30.7 Å². The van der Waals surface area contributed by atoms with Gasteiger partial charge in [0.1, 0.15) is 18.3 Å². The SMILES string of the molecule is CC1CCN(c2nc3c(=O)[nH]c(N)nc3n2[C@@H]2O[C@H](CO)[C@H](O)[C@@H]2O)CC1. The van der Waals surface area contributed by atoms with Crippen molar-refractivity contribution in [3.63, 3.8) is 0 Å². The van der Waals surface area contributed by atoms with Crippen LogP contribution in [0.15, 0.2) is 4.79 Å². The fraction of sp³-hybridized carbons (Fsp3) is 0.688. The maximum atomic E-state index is 12.3. The number of nitrogen functional groups attached to an aromatic ring is 1. The number of aromatic nitrogens is 4. The molecule has 0 unspecified atom stereocenters. The predicted molar refractivity (Wildman–Crippen MR) is 96.2 cm³/mol. The second-order valence-corrected chi connectivity index (χ2v) is 7.30. The van der Waals surface area contributed by atoms with E-state index in [4.69, 9.17) is 10.5 Å². The third kappa shape index (κ3) is 2.96. The Morgan fingerprint density at radius 2 is 1.96 bits per heavy atom. The van der Waals surface area contributed by atoms with E-state index in [1.807, 2.05) is 4.90 Å². The topological polar surface area (TPSA) is 163 Å². The summed E-state index contributed by atoms with van der Waals surface area (Å²) in [4.78, 5) is 25.4. The highest BCUT2D eigenvalue weighted by molar-refractivity contribution is 5.75. The van der Waals surface area contributed by atoms with Crippen molar-refractivity contribution in [2.75, 3.05) is 30.3 Å². The van der Waals surface area contributed by atoms with Crippen LogP contribution in [-0.2, 0) is 4.74 Å². The Bertz CT molecular complexity index is 889. The van der Waals surface area contributed by atoms with E-state index < -0.39 is 36.7 Å². The molecular weight excluding hydrogens is 356 g/mol.